The molecule has 1 aliphatic heterocycles. The summed E-state index contributed by atoms with van der Waals surface area (Å²) in [6.07, 6.45) is 1.67. The minimum atomic E-state index is -0.721. The van der Waals surface area contributed by atoms with E-state index in [2.05, 4.69) is 9.88 Å². The normalized spacial score (nSPS) is 23.8. The van der Waals surface area contributed by atoms with Crippen LogP contribution in [-0.4, -0.2) is 36.3 Å². The van der Waals surface area contributed by atoms with E-state index in [4.69, 9.17) is 9.84 Å². The van der Waals surface area contributed by atoms with E-state index in [9.17, 15) is 4.79 Å². The fourth-order valence-corrected chi connectivity index (χ4v) is 2.21. The third kappa shape index (κ3) is 2.33. The first-order valence-electron chi connectivity index (χ1n) is 5.59. The first-order valence-corrected chi connectivity index (χ1v) is 5.59. The van der Waals surface area contributed by atoms with Gasteiger partial charge in [0.15, 0.2) is 0 Å². The van der Waals surface area contributed by atoms with E-state index in [0.717, 1.165) is 12.2 Å². The van der Waals surface area contributed by atoms with Crippen molar-refractivity contribution < 1.29 is 14.6 Å². The van der Waals surface area contributed by atoms with Crippen LogP contribution in [0.2, 0.25) is 0 Å². The van der Waals surface area contributed by atoms with Crippen molar-refractivity contribution in [3.8, 4) is 5.88 Å². The molecule has 1 aromatic rings. The Morgan fingerprint density at radius 3 is 2.94 bits per heavy atom. The largest absolute Gasteiger partial charge is 0.481 e. The van der Waals surface area contributed by atoms with Crippen molar-refractivity contribution in [3.05, 3.63) is 18.3 Å². The summed E-state index contributed by atoms with van der Waals surface area (Å²) in [6.45, 7) is 3.27. The predicted octanol–water partition coefficient (Wildman–Crippen LogP) is 1.25. The Balaban J connectivity index is 2.16. The first-order chi connectivity index (χ1) is 8.11. The van der Waals surface area contributed by atoms with Crippen LogP contribution in [0.5, 0.6) is 5.88 Å². The first kappa shape index (κ1) is 11.7. The lowest BCUT2D eigenvalue weighted by Crippen LogP contribution is -2.23. The van der Waals surface area contributed by atoms with E-state index < -0.39 is 5.97 Å². The Bertz CT molecular complexity index is 422. The maximum Gasteiger partial charge on any atom is 0.308 e. The maximum absolute atomic E-state index is 11.0. The quantitative estimate of drug-likeness (QED) is 0.855. The third-order valence-corrected chi connectivity index (χ3v) is 3.22. The number of aliphatic carboxylic acids is 1. The molecule has 1 fully saturated rings. The summed E-state index contributed by atoms with van der Waals surface area (Å²) in [7, 11) is 1.57. The molecule has 2 heterocycles. The monoisotopic (exact) mass is 236 g/mol. The highest BCUT2D eigenvalue weighted by Gasteiger charge is 2.34. The molecule has 1 aromatic heterocycles. The second-order valence-corrected chi connectivity index (χ2v) is 4.38. The number of carboxylic acids is 1. The van der Waals surface area contributed by atoms with Gasteiger partial charge in [0.2, 0.25) is 5.88 Å². The van der Waals surface area contributed by atoms with Gasteiger partial charge in [-0.2, -0.15) is 0 Å². The summed E-state index contributed by atoms with van der Waals surface area (Å²) in [5.74, 6) is -0.309. The molecular weight excluding hydrogens is 220 g/mol. The van der Waals surface area contributed by atoms with Crippen molar-refractivity contribution >= 4 is 11.7 Å². The molecule has 2 atom stereocenters. The van der Waals surface area contributed by atoms with Crippen LogP contribution >= 0.6 is 0 Å². The Labute approximate surface area is 100 Å². The van der Waals surface area contributed by atoms with Gasteiger partial charge in [0.25, 0.3) is 0 Å². The summed E-state index contributed by atoms with van der Waals surface area (Å²) in [5, 5.41) is 9.09. The summed E-state index contributed by atoms with van der Waals surface area (Å²) in [5.41, 5.74) is 0.965. The van der Waals surface area contributed by atoms with Crippen LogP contribution in [0.4, 0.5) is 5.69 Å². The van der Waals surface area contributed by atoms with Gasteiger partial charge in [0, 0.05) is 31.0 Å². The number of aromatic nitrogens is 1. The molecule has 92 valence electrons. The predicted molar refractivity (Wildman–Crippen MR) is 63.3 cm³/mol. The minimum Gasteiger partial charge on any atom is -0.481 e. The van der Waals surface area contributed by atoms with Gasteiger partial charge < -0.3 is 14.7 Å². The van der Waals surface area contributed by atoms with Gasteiger partial charge in [-0.3, -0.25) is 4.79 Å². The number of anilines is 1. The molecule has 2 unspecified atom stereocenters. The average Bonchev–Trinajstić information content (AvgIpc) is 2.71. The van der Waals surface area contributed by atoms with Gasteiger partial charge in [-0.1, -0.05) is 6.92 Å². The lowest BCUT2D eigenvalue weighted by atomic mass is 9.99. The average molecular weight is 236 g/mol. The van der Waals surface area contributed by atoms with E-state index in [-0.39, 0.29) is 11.8 Å². The Morgan fingerprint density at radius 2 is 2.35 bits per heavy atom. The summed E-state index contributed by atoms with van der Waals surface area (Å²) in [4.78, 5) is 17.1. The molecule has 1 N–H and O–H groups in total. The number of carboxylic acid groups (broad SMARTS) is 1. The number of hydrogen-bond donors (Lipinski definition) is 1. The van der Waals surface area contributed by atoms with Gasteiger partial charge in [-0.05, 0) is 12.0 Å². The highest BCUT2D eigenvalue weighted by Crippen LogP contribution is 2.29. The lowest BCUT2D eigenvalue weighted by Gasteiger charge is -2.18. The second kappa shape index (κ2) is 4.61. The Morgan fingerprint density at radius 1 is 1.59 bits per heavy atom. The molecule has 0 aliphatic carbocycles. The zero-order chi connectivity index (χ0) is 12.4. The smallest absolute Gasteiger partial charge is 0.308 e. The minimum absolute atomic E-state index is 0.159. The van der Waals surface area contributed by atoms with Crippen LogP contribution in [0.25, 0.3) is 0 Å². The van der Waals surface area contributed by atoms with Gasteiger partial charge in [0.05, 0.1) is 13.0 Å². The fraction of sp³-hybridized carbons (Fsp3) is 0.500. The topological polar surface area (TPSA) is 62.7 Å². The zero-order valence-corrected chi connectivity index (χ0v) is 9.96. The van der Waals surface area contributed by atoms with Gasteiger partial charge >= 0.3 is 5.97 Å². The van der Waals surface area contributed by atoms with Crippen molar-refractivity contribution in [3.63, 3.8) is 0 Å². The fourth-order valence-electron chi connectivity index (χ4n) is 2.21. The number of methoxy groups -OCH3 is 1. The number of rotatable bonds is 3. The highest BCUT2D eigenvalue weighted by molar-refractivity contribution is 5.72. The standard InChI is InChI=1S/C12H16N2O3/c1-8-6-14(7-10(8)12(15)16)9-3-4-13-11(5-9)17-2/h3-5,8,10H,6-7H2,1-2H3,(H,15,16). The molecule has 5 nitrogen and oxygen atoms in total. The molecular formula is C12H16N2O3. The second-order valence-electron chi connectivity index (χ2n) is 4.38. The molecule has 0 amide bonds. The molecule has 0 spiro atoms. The zero-order valence-electron chi connectivity index (χ0n) is 9.96. The van der Waals surface area contributed by atoms with Crippen molar-refractivity contribution in [1.82, 2.24) is 4.98 Å². The van der Waals surface area contributed by atoms with Crippen LogP contribution < -0.4 is 9.64 Å². The lowest BCUT2D eigenvalue weighted by molar-refractivity contribution is -0.142. The summed E-state index contributed by atoms with van der Waals surface area (Å²) < 4.78 is 5.06. The molecule has 5 heteroatoms. The molecule has 0 bridgehead atoms. The van der Waals surface area contributed by atoms with Crippen LogP contribution in [0.1, 0.15) is 6.92 Å². The van der Waals surface area contributed by atoms with E-state index in [1.807, 2.05) is 19.1 Å². The van der Waals surface area contributed by atoms with Crippen molar-refractivity contribution in [1.29, 1.82) is 0 Å². The highest BCUT2D eigenvalue weighted by atomic mass is 16.5. The number of hydrogen-bond acceptors (Lipinski definition) is 4. The number of pyridine rings is 1. The third-order valence-electron chi connectivity index (χ3n) is 3.22. The molecule has 17 heavy (non-hydrogen) atoms. The van der Waals surface area contributed by atoms with Gasteiger partial charge in [0.1, 0.15) is 0 Å². The molecule has 1 aliphatic rings. The number of nitrogens with zero attached hydrogens (tertiary/aromatic N) is 2. The molecule has 1 saturated heterocycles. The van der Waals surface area contributed by atoms with Crippen LogP contribution in [0, 0.1) is 11.8 Å². The molecule has 0 radical (unpaired) electrons. The molecule has 0 aromatic carbocycles. The van der Waals surface area contributed by atoms with E-state index in [1.165, 1.54) is 0 Å². The molecule has 0 saturated carbocycles. The van der Waals surface area contributed by atoms with E-state index in [0.29, 0.717) is 12.4 Å². The SMILES string of the molecule is COc1cc(N2CC(C)C(C(=O)O)C2)ccn1. The number of carbonyl (C=O) groups is 1. The summed E-state index contributed by atoms with van der Waals surface area (Å²) in [6, 6.07) is 3.70. The maximum atomic E-state index is 11.0. The van der Waals surface area contributed by atoms with Crippen molar-refractivity contribution in [2.24, 2.45) is 11.8 Å². The van der Waals surface area contributed by atoms with Crippen molar-refractivity contribution in [2.45, 2.75) is 6.92 Å². The molecule has 2 rings (SSSR count). The van der Waals surface area contributed by atoms with Crippen LogP contribution in [-0.2, 0) is 4.79 Å². The van der Waals surface area contributed by atoms with E-state index >= 15 is 0 Å². The Kier molecular flexibility index (Phi) is 3.17. The van der Waals surface area contributed by atoms with Crippen LogP contribution in [0.3, 0.4) is 0 Å². The summed E-state index contributed by atoms with van der Waals surface area (Å²) >= 11 is 0. The van der Waals surface area contributed by atoms with Crippen molar-refractivity contribution in [2.75, 3.05) is 25.1 Å². The van der Waals surface area contributed by atoms with Crippen LogP contribution in [0.15, 0.2) is 18.3 Å². The Hall–Kier alpha value is -1.78. The van der Waals surface area contributed by atoms with E-state index in [1.54, 1.807) is 13.3 Å². The number of ether oxygens (including phenoxy) is 1. The van der Waals surface area contributed by atoms with Gasteiger partial charge in [-0.25, -0.2) is 4.98 Å². The van der Waals surface area contributed by atoms with Gasteiger partial charge in [-0.15, -0.1) is 0 Å².